The summed E-state index contributed by atoms with van der Waals surface area (Å²) in [7, 11) is 0. The Labute approximate surface area is 137 Å². The molecular formula is C18H25NO4. The molecule has 0 radical (unpaired) electrons. The minimum Gasteiger partial charge on any atom is -0.493 e. The zero-order chi connectivity index (χ0) is 16.4. The van der Waals surface area contributed by atoms with E-state index in [1.807, 2.05) is 20.8 Å². The first-order valence-corrected chi connectivity index (χ1v) is 8.24. The van der Waals surface area contributed by atoms with Gasteiger partial charge in [-0.25, -0.2) is 4.79 Å². The number of rotatable bonds is 3. The van der Waals surface area contributed by atoms with Gasteiger partial charge in [0.1, 0.15) is 11.9 Å². The van der Waals surface area contributed by atoms with Crippen molar-refractivity contribution in [3.63, 3.8) is 0 Å². The smallest absolute Gasteiger partial charge is 0.407 e. The molecular weight excluding hydrogens is 294 g/mol. The monoisotopic (exact) mass is 319 g/mol. The lowest BCUT2D eigenvalue weighted by Gasteiger charge is -2.28. The molecule has 1 aromatic rings. The van der Waals surface area contributed by atoms with Crippen molar-refractivity contribution in [2.24, 2.45) is 5.41 Å². The Hall–Kier alpha value is -1.75. The minimum absolute atomic E-state index is 0.0383. The van der Waals surface area contributed by atoms with Crippen LogP contribution in [0.4, 0.5) is 4.79 Å². The van der Waals surface area contributed by atoms with Gasteiger partial charge in [-0.05, 0) is 29.0 Å². The summed E-state index contributed by atoms with van der Waals surface area (Å²) in [6.07, 6.45) is 1.30. The van der Waals surface area contributed by atoms with Crippen molar-refractivity contribution in [2.45, 2.75) is 39.7 Å². The maximum Gasteiger partial charge on any atom is 0.407 e. The van der Waals surface area contributed by atoms with Crippen LogP contribution in [0, 0.1) is 5.41 Å². The molecule has 0 aliphatic carbocycles. The molecule has 0 spiro atoms. The van der Waals surface area contributed by atoms with Crippen molar-refractivity contribution in [1.29, 1.82) is 0 Å². The summed E-state index contributed by atoms with van der Waals surface area (Å²) in [6.45, 7) is 8.31. The Morgan fingerprint density at radius 3 is 2.91 bits per heavy atom. The van der Waals surface area contributed by atoms with Crippen LogP contribution in [0.15, 0.2) is 12.1 Å². The minimum atomic E-state index is -0.389. The molecule has 0 aromatic heterocycles. The lowest BCUT2D eigenvalue weighted by Crippen LogP contribution is -2.34. The van der Waals surface area contributed by atoms with Gasteiger partial charge in [-0.1, -0.05) is 26.8 Å². The average molecular weight is 319 g/mol. The third-order valence-corrected chi connectivity index (χ3v) is 4.09. The summed E-state index contributed by atoms with van der Waals surface area (Å²) in [4.78, 5) is 11.9. The summed E-state index contributed by atoms with van der Waals surface area (Å²) < 4.78 is 16.8. The van der Waals surface area contributed by atoms with E-state index in [2.05, 4.69) is 17.4 Å². The molecule has 2 aliphatic heterocycles. The van der Waals surface area contributed by atoms with Gasteiger partial charge in [-0.2, -0.15) is 0 Å². The van der Waals surface area contributed by atoms with E-state index >= 15 is 0 Å². The second-order valence-electron chi connectivity index (χ2n) is 7.34. The van der Waals surface area contributed by atoms with Gasteiger partial charge in [-0.15, -0.1) is 0 Å². The molecule has 2 aliphatic rings. The number of alkyl carbamates (subject to hydrolysis) is 1. The fraction of sp³-hybridized carbons (Fsp3) is 0.611. The number of hydrogen-bond donors (Lipinski definition) is 1. The van der Waals surface area contributed by atoms with E-state index in [0.717, 1.165) is 25.2 Å². The number of carbonyl (C=O) groups excluding carboxylic acids is 1. The topological polar surface area (TPSA) is 56.8 Å². The predicted octanol–water partition coefficient (Wildman–Crippen LogP) is 3.01. The Balaban J connectivity index is 1.65. The highest BCUT2D eigenvalue weighted by atomic mass is 16.5. The van der Waals surface area contributed by atoms with E-state index in [1.165, 1.54) is 16.7 Å². The normalized spacial score (nSPS) is 19.5. The maximum atomic E-state index is 11.9. The Bertz CT molecular complexity index is 591. The molecule has 5 nitrogen and oxygen atoms in total. The van der Waals surface area contributed by atoms with E-state index in [1.54, 1.807) is 0 Å². The zero-order valence-electron chi connectivity index (χ0n) is 14.1. The standard InChI is InChI=1S/C18H25NO4/c1-18(2,3)11-23-17(20)19-10-15-16-12(6-8-22-15)4-5-14-13(16)7-9-21-14/h4-5,15H,6-11H2,1-3H3,(H,19,20). The molecule has 5 heteroatoms. The molecule has 3 rings (SSSR count). The number of hydrogen-bond acceptors (Lipinski definition) is 4. The fourth-order valence-corrected chi connectivity index (χ4v) is 3.03. The van der Waals surface area contributed by atoms with Gasteiger partial charge in [0, 0.05) is 12.0 Å². The summed E-state index contributed by atoms with van der Waals surface area (Å²) in [5.41, 5.74) is 3.69. The van der Waals surface area contributed by atoms with Gasteiger partial charge < -0.3 is 19.5 Å². The number of benzene rings is 1. The van der Waals surface area contributed by atoms with Gasteiger partial charge >= 0.3 is 6.09 Å². The highest BCUT2D eigenvalue weighted by Gasteiger charge is 2.28. The first kappa shape index (κ1) is 16.1. The van der Waals surface area contributed by atoms with Crippen molar-refractivity contribution in [3.05, 3.63) is 28.8 Å². The van der Waals surface area contributed by atoms with E-state index < -0.39 is 0 Å². The van der Waals surface area contributed by atoms with E-state index in [9.17, 15) is 4.79 Å². The van der Waals surface area contributed by atoms with E-state index in [4.69, 9.17) is 14.2 Å². The van der Waals surface area contributed by atoms with Crippen molar-refractivity contribution >= 4 is 6.09 Å². The van der Waals surface area contributed by atoms with Crippen LogP contribution in [0.1, 0.15) is 43.6 Å². The van der Waals surface area contributed by atoms with Crippen molar-refractivity contribution in [2.75, 3.05) is 26.4 Å². The molecule has 2 heterocycles. The molecule has 1 amide bonds. The number of amides is 1. The number of fused-ring (bicyclic) bond motifs is 3. The number of ether oxygens (including phenoxy) is 3. The second kappa shape index (κ2) is 6.40. The first-order valence-electron chi connectivity index (χ1n) is 8.24. The van der Waals surface area contributed by atoms with Crippen LogP contribution in [0.25, 0.3) is 0 Å². The largest absolute Gasteiger partial charge is 0.493 e. The van der Waals surface area contributed by atoms with Crippen LogP contribution in [-0.4, -0.2) is 32.5 Å². The van der Waals surface area contributed by atoms with Crippen molar-refractivity contribution in [1.82, 2.24) is 5.32 Å². The van der Waals surface area contributed by atoms with Crippen LogP contribution in [0.3, 0.4) is 0 Å². The Kier molecular flexibility index (Phi) is 4.48. The fourth-order valence-electron chi connectivity index (χ4n) is 3.03. The number of nitrogens with one attached hydrogen (secondary N) is 1. The molecule has 0 bridgehead atoms. The zero-order valence-corrected chi connectivity index (χ0v) is 14.1. The van der Waals surface area contributed by atoms with Crippen LogP contribution >= 0.6 is 0 Å². The summed E-state index contributed by atoms with van der Waals surface area (Å²) in [5, 5.41) is 2.83. The average Bonchev–Trinajstić information content (AvgIpc) is 2.98. The maximum absolute atomic E-state index is 11.9. The lowest BCUT2D eigenvalue weighted by molar-refractivity contribution is 0.0388. The lowest BCUT2D eigenvalue weighted by atomic mass is 9.91. The molecule has 0 saturated carbocycles. The summed E-state index contributed by atoms with van der Waals surface area (Å²) >= 11 is 0. The summed E-state index contributed by atoms with van der Waals surface area (Å²) in [6, 6.07) is 4.17. The van der Waals surface area contributed by atoms with Crippen LogP contribution < -0.4 is 10.1 Å². The molecule has 0 saturated heterocycles. The first-order chi connectivity index (χ1) is 10.9. The molecule has 126 valence electrons. The van der Waals surface area contributed by atoms with Crippen molar-refractivity contribution < 1.29 is 19.0 Å². The highest BCUT2D eigenvalue weighted by Crippen LogP contribution is 2.38. The highest BCUT2D eigenvalue weighted by molar-refractivity contribution is 5.67. The quantitative estimate of drug-likeness (QED) is 0.930. The SMILES string of the molecule is CC(C)(C)COC(=O)NCC1OCCc2ccc3c(c21)CCO3. The predicted molar refractivity (Wildman–Crippen MR) is 86.8 cm³/mol. The summed E-state index contributed by atoms with van der Waals surface area (Å²) in [5.74, 6) is 0.953. The van der Waals surface area contributed by atoms with Crippen LogP contribution in [-0.2, 0) is 22.3 Å². The van der Waals surface area contributed by atoms with E-state index in [-0.39, 0.29) is 17.6 Å². The van der Waals surface area contributed by atoms with Crippen LogP contribution in [0.5, 0.6) is 5.75 Å². The third-order valence-electron chi connectivity index (χ3n) is 4.09. The van der Waals surface area contributed by atoms with Crippen LogP contribution in [0.2, 0.25) is 0 Å². The van der Waals surface area contributed by atoms with E-state index in [0.29, 0.717) is 19.8 Å². The Morgan fingerprint density at radius 1 is 1.30 bits per heavy atom. The number of carbonyl (C=O) groups is 1. The third kappa shape index (κ3) is 3.78. The van der Waals surface area contributed by atoms with Gasteiger partial charge in [0.2, 0.25) is 0 Å². The molecule has 1 atom stereocenters. The van der Waals surface area contributed by atoms with Gasteiger partial charge in [0.25, 0.3) is 0 Å². The molecule has 23 heavy (non-hydrogen) atoms. The van der Waals surface area contributed by atoms with Crippen molar-refractivity contribution in [3.8, 4) is 5.75 Å². The molecule has 1 aromatic carbocycles. The second-order valence-corrected chi connectivity index (χ2v) is 7.34. The Morgan fingerprint density at radius 2 is 2.13 bits per heavy atom. The molecule has 1 unspecified atom stereocenters. The molecule has 1 N–H and O–H groups in total. The van der Waals surface area contributed by atoms with Gasteiger partial charge in [-0.3, -0.25) is 0 Å². The van der Waals surface area contributed by atoms with Gasteiger partial charge in [0.05, 0.1) is 26.4 Å². The van der Waals surface area contributed by atoms with Gasteiger partial charge in [0.15, 0.2) is 0 Å². The molecule has 0 fully saturated rings.